The van der Waals surface area contributed by atoms with Gasteiger partial charge in [-0.05, 0) is 48.2 Å². The second-order valence-electron chi connectivity index (χ2n) is 5.94. The summed E-state index contributed by atoms with van der Waals surface area (Å²) in [6, 6.07) is 10.0. The molecule has 1 heterocycles. The average molecular weight is 311 g/mol. The molecule has 0 spiro atoms. The molecule has 1 atom stereocenters. The van der Waals surface area contributed by atoms with E-state index in [1.165, 1.54) is 5.56 Å². The minimum absolute atomic E-state index is 0.0311. The van der Waals surface area contributed by atoms with Gasteiger partial charge in [-0.25, -0.2) is 0 Å². The fraction of sp³-hybridized carbons (Fsp3) is 0.316. The van der Waals surface area contributed by atoms with Crippen LogP contribution in [0.2, 0.25) is 0 Å². The number of fused-ring (bicyclic) bond motifs is 1. The molecule has 120 valence electrons. The van der Waals surface area contributed by atoms with Crippen LogP contribution in [0.1, 0.15) is 34.6 Å². The summed E-state index contributed by atoms with van der Waals surface area (Å²) in [5, 5.41) is 2.95. The molecule has 23 heavy (non-hydrogen) atoms. The lowest BCUT2D eigenvalue weighted by molar-refractivity contribution is -0.116. The number of nitrogens with one attached hydrogen (secondary N) is 1. The molecule has 1 unspecified atom stereocenters. The van der Waals surface area contributed by atoms with Crippen molar-refractivity contribution in [1.29, 1.82) is 0 Å². The zero-order valence-electron chi connectivity index (χ0n) is 13.9. The molecule has 2 aromatic carbocycles. The molecular formula is C19H21NO3. The van der Waals surface area contributed by atoms with E-state index in [0.29, 0.717) is 6.42 Å². The van der Waals surface area contributed by atoms with Gasteiger partial charge in [0.1, 0.15) is 11.5 Å². The van der Waals surface area contributed by atoms with Crippen LogP contribution in [-0.2, 0) is 4.79 Å². The lowest BCUT2D eigenvalue weighted by Crippen LogP contribution is -2.24. The molecule has 0 bridgehead atoms. The molecule has 0 radical (unpaired) electrons. The van der Waals surface area contributed by atoms with Crippen LogP contribution in [0.15, 0.2) is 30.3 Å². The molecule has 1 amide bonds. The third kappa shape index (κ3) is 2.77. The maximum Gasteiger partial charge on any atom is 0.225 e. The Morgan fingerprint density at radius 2 is 1.78 bits per heavy atom. The van der Waals surface area contributed by atoms with Crippen LogP contribution < -0.4 is 14.8 Å². The number of anilines is 1. The normalized spacial score (nSPS) is 16.5. The smallest absolute Gasteiger partial charge is 0.225 e. The summed E-state index contributed by atoms with van der Waals surface area (Å²) in [7, 11) is 3.30. The topological polar surface area (TPSA) is 47.6 Å². The molecule has 4 nitrogen and oxygen atoms in total. The van der Waals surface area contributed by atoms with Crippen molar-refractivity contribution in [2.75, 3.05) is 19.5 Å². The number of amides is 1. The Kier molecular flexibility index (Phi) is 3.99. The van der Waals surface area contributed by atoms with Gasteiger partial charge >= 0.3 is 0 Å². The van der Waals surface area contributed by atoms with Gasteiger partial charge in [0.25, 0.3) is 0 Å². The Labute approximate surface area is 136 Å². The van der Waals surface area contributed by atoms with Crippen molar-refractivity contribution in [3.05, 3.63) is 52.6 Å². The molecule has 4 heteroatoms. The minimum Gasteiger partial charge on any atom is -0.497 e. The molecule has 1 N–H and O–H groups in total. The van der Waals surface area contributed by atoms with Crippen LogP contribution in [-0.4, -0.2) is 20.1 Å². The molecule has 1 aliphatic rings. The van der Waals surface area contributed by atoms with E-state index >= 15 is 0 Å². The maximum absolute atomic E-state index is 12.2. The molecule has 0 aromatic heterocycles. The van der Waals surface area contributed by atoms with Crippen molar-refractivity contribution < 1.29 is 14.3 Å². The number of carbonyl (C=O) groups is 1. The predicted molar refractivity (Wildman–Crippen MR) is 90.6 cm³/mol. The quantitative estimate of drug-likeness (QED) is 0.938. The van der Waals surface area contributed by atoms with Gasteiger partial charge in [-0.1, -0.05) is 12.1 Å². The summed E-state index contributed by atoms with van der Waals surface area (Å²) in [4.78, 5) is 12.2. The second kappa shape index (κ2) is 5.95. The van der Waals surface area contributed by atoms with Crippen molar-refractivity contribution in [3.8, 4) is 11.5 Å². The molecule has 0 aliphatic carbocycles. The van der Waals surface area contributed by atoms with Crippen molar-refractivity contribution >= 4 is 11.6 Å². The zero-order chi connectivity index (χ0) is 16.6. The van der Waals surface area contributed by atoms with Gasteiger partial charge in [-0.3, -0.25) is 4.79 Å². The summed E-state index contributed by atoms with van der Waals surface area (Å²) < 4.78 is 10.7. The van der Waals surface area contributed by atoms with Gasteiger partial charge in [0.2, 0.25) is 5.91 Å². The number of aryl methyl sites for hydroxylation is 2. The predicted octanol–water partition coefficient (Wildman–Crippen LogP) is 3.79. The van der Waals surface area contributed by atoms with E-state index in [9.17, 15) is 4.79 Å². The first-order valence-electron chi connectivity index (χ1n) is 7.66. The first-order valence-corrected chi connectivity index (χ1v) is 7.66. The highest BCUT2D eigenvalue weighted by molar-refractivity contribution is 5.95. The molecule has 0 fully saturated rings. The molecule has 3 rings (SSSR count). The van der Waals surface area contributed by atoms with Crippen molar-refractivity contribution in [1.82, 2.24) is 0 Å². The molecular weight excluding hydrogens is 290 g/mol. The number of hydrogen-bond donors (Lipinski definition) is 1. The van der Waals surface area contributed by atoms with Gasteiger partial charge in [0.05, 0.1) is 14.2 Å². The first-order chi connectivity index (χ1) is 11.0. The lowest BCUT2D eigenvalue weighted by atomic mass is 9.82. The molecule has 0 saturated heterocycles. The van der Waals surface area contributed by atoms with Crippen LogP contribution in [0, 0.1) is 13.8 Å². The fourth-order valence-electron chi connectivity index (χ4n) is 3.26. The Bertz CT molecular complexity index is 767. The van der Waals surface area contributed by atoms with Crippen LogP contribution in [0.4, 0.5) is 5.69 Å². The average Bonchev–Trinajstić information content (AvgIpc) is 2.55. The lowest BCUT2D eigenvalue weighted by Gasteiger charge is -2.28. The van der Waals surface area contributed by atoms with E-state index in [1.54, 1.807) is 14.2 Å². The highest BCUT2D eigenvalue weighted by Gasteiger charge is 2.28. The summed E-state index contributed by atoms with van der Waals surface area (Å²) in [6.07, 6.45) is 0.450. The van der Waals surface area contributed by atoms with E-state index in [-0.39, 0.29) is 11.8 Å². The first kappa shape index (κ1) is 15.4. The van der Waals surface area contributed by atoms with E-state index in [2.05, 4.69) is 18.3 Å². The van der Waals surface area contributed by atoms with E-state index in [1.807, 2.05) is 31.2 Å². The second-order valence-corrected chi connectivity index (χ2v) is 5.94. The van der Waals surface area contributed by atoms with Crippen molar-refractivity contribution in [2.24, 2.45) is 0 Å². The number of benzene rings is 2. The summed E-state index contributed by atoms with van der Waals surface area (Å²) >= 11 is 0. The molecule has 0 saturated carbocycles. The minimum atomic E-state index is 0.0311. The SMILES string of the molecule is COc1ccc2c(c1)NC(=O)CC2c1cc(C)c(OC)cc1C. The Morgan fingerprint density at radius 3 is 2.48 bits per heavy atom. The molecule has 2 aromatic rings. The van der Waals surface area contributed by atoms with E-state index in [4.69, 9.17) is 9.47 Å². The van der Waals surface area contributed by atoms with Crippen LogP contribution in [0.3, 0.4) is 0 Å². The van der Waals surface area contributed by atoms with Crippen LogP contribution in [0.5, 0.6) is 11.5 Å². The fourth-order valence-corrected chi connectivity index (χ4v) is 3.26. The van der Waals surface area contributed by atoms with E-state index in [0.717, 1.165) is 33.9 Å². The maximum atomic E-state index is 12.2. The Hall–Kier alpha value is -2.49. The number of carbonyl (C=O) groups excluding carboxylic acids is 1. The highest BCUT2D eigenvalue weighted by Crippen LogP contribution is 2.41. The van der Waals surface area contributed by atoms with Crippen LogP contribution >= 0.6 is 0 Å². The highest BCUT2D eigenvalue weighted by atomic mass is 16.5. The van der Waals surface area contributed by atoms with Crippen molar-refractivity contribution in [3.63, 3.8) is 0 Å². The van der Waals surface area contributed by atoms with Crippen LogP contribution in [0.25, 0.3) is 0 Å². The van der Waals surface area contributed by atoms with Gasteiger partial charge in [0, 0.05) is 24.1 Å². The molecule has 1 aliphatic heterocycles. The third-order valence-electron chi connectivity index (χ3n) is 4.46. The Morgan fingerprint density at radius 1 is 1.00 bits per heavy atom. The third-order valence-corrected chi connectivity index (χ3v) is 4.46. The zero-order valence-corrected chi connectivity index (χ0v) is 13.9. The summed E-state index contributed by atoms with van der Waals surface area (Å²) in [6.45, 7) is 4.09. The monoisotopic (exact) mass is 311 g/mol. The number of ether oxygens (including phenoxy) is 2. The number of rotatable bonds is 3. The standard InChI is InChI=1S/C19H21NO3/c1-11-8-18(23-4)12(2)7-15(11)16-10-19(21)20-17-9-13(22-3)5-6-14(16)17/h5-9,16H,10H2,1-4H3,(H,20,21). The largest absolute Gasteiger partial charge is 0.497 e. The van der Waals surface area contributed by atoms with Crippen molar-refractivity contribution in [2.45, 2.75) is 26.2 Å². The van der Waals surface area contributed by atoms with Gasteiger partial charge in [-0.15, -0.1) is 0 Å². The Balaban J connectivity index is 2.11. The summed E-state index contributed by atoms with van der Waals surface area (Å²) in [5.41, 5.74) is 5.34. The van der Waals surface area contributed by atoms with Gasteiger partial charge < -0.3 is 14.8 Å². The van der Waals surface area contributed by atoms with E-state index < -0.39 is 0 Å². The van der Waals surface area contributed by atoms with Gasteiger partial charge in [0.15, 0.2) is 0 Å². The van der Waals surface area contributed by atoms with Gasteiger partial charge in [-0.2, -0.15) is 0 Å². The summed E-state index contributed by atoms with van der Waals surface area (Å²) in [5.74, 6) is 1.70. The number of methoxy groups -OCH3 is 2. The number of hydrogen-bond acceptors (Lipinski definition) is 3.